The van der Waals surface area contributed by atoms with Crippen LogP contribution in [0.1, 0.15) is 129 Å². The van der Waals surface area contributed by atoms with E-state index in [4.69, 9.17) is 9.47 Å². The second-order valence-corrected chi connectivity index (χ2v) is 12.8. The lowest BCUT2D eigenvalue weighted by atomic mass is 9.76. The van der Waals surface area contributed by atoms with Crippen molar-refractivity contribution in [2.45, 2.75) is 122 Å². The summed E-state index contributed by atoms with van der Waals surface area (Å²) in [5.74, 6) is -0.437. The monoisotopic (exact) mass is 652 g/mol. The fourth-order valence-corrected chi connectivity index (χ4v) is 6.37. The lowest BCUT2D eigenvalue weighted by Gasteiger charge is -2.33. The number of hydrogen-bond acceptors (Lipinski definition) is 10. The minimum absolute atomic E-state index is 0.273. The van der Waals surface area contributed by atoms with Gasteiger partial charge < -0.3 is 9.47 Å². The summed E-state index contributed by atoms with van der Waals surface area (Å²) in [6.07, 6.45) is 11.3. The Morgan fingerprint density at radius 3 is 1.23 bits per heavy atom. The minimum Gasteiger partial charge on any atom is -0.428 e. The molecule has 0 radical (unpaired) electrons. The SMILES string of the molecule is CCCCc1ccc(C(=O)OOC(=O)OC2CCC(CC3CCC(OC(=O)OOC(=O)c4ccc(CCCC)cc4)CC3)CC2)cc1. The van der Waals surface area contributed by atoms with Crippen molar-refractivity contribution in [2.24, 2.45) is 11.8 Å². The molecule has 0 bridgehead atoms. The molecule has 2 saturated carbocycles. The fourth-order valence-electron chi connectivity index (χ4n) is 6.37. The number of hydrogen-bond donors (Lipinski definition) is 0. The smallest absolute Gasteiger partial charge is 0.428 e. The first kappa shape index (κ1) is 35.8. The van der Waals surface area contributed by atoms with Crippen LogP contribution in [0.4, 0.5) is 9.59 Å². The predicted molar refractivity (Wildman–Crippen MR) is 172 cm³/mol. The number of rotatable bonds is 12. The third-order valence-corrected chi connectivity index (χ3v) is 9.17. The summed E-state index contributed by atoms with van der Waals surface area (Å²) >= 11 is 0. The molecule has 0 N–H and O–H groups in total. The van der Waals surface area contributed by atoms with E-state index in [0.29, 0.717) is 23.0 Å². The Bertz CT molecular complexity index is 1170. The van der Waals surface area contributed by atoms with Crippen molar-refractivity contribution in [1.82, 2.24) is 0 Å². The Hall–Kier alpha value is -4.08. The summed E-state index contributed by atoms with van der Waals surface area (Å²) in [4.78, 5) is 67.3. The van der Waals surface area contributed by atoms with Crippen LogP contribution >= 0.6 is 0 Å². The van der Waals surface area contributed by atoms with Crippen molar-refractivity contribution in [3.05, 3.63) is 70.8 Å². The molecule has 2 aliphatic rings. The maximum Gasteiger partial charge on any atom is 0.550 e. The van der Waals surface area contributed by atoms with Crippen LogP contribution in [0, 0.1) is 11.8 Å². The summed E-state index contributed by atoms with van der Waals surface area (Å²) in [7, 11) is 0. The molecule has 10 heteroatoms. The molecule has 10 nitrogen and oxygen atoms in total. The highest BCUT2D eigenvalue weighted by Gasteiger charge is 2.30. The average Bonchev–Trinajstić information content (AvgIpc) is 3.10. The second kappa shape index (κ2) is 18.9. The molecule has 2 aromatic rings. The van der Waals surface area contributed by atoms with Gasteiger partial charge in [-0.15, -0.1) is 0 Å². The first-order valence-corrected chi connectivity index (χ1v) is 17.2. The molecular weight excluding hydrogens is 604 g/mol. The van der Waals surface area contributed by atoms with Crippen molar-refractivity contribution >= 4 is 24.2 Å². The molecule has 0 aliphatic heterocycles. The van der Waals surface area contributed by atoms with E-state index in [2.05, 4.69) is 33.4 Å². The number of benzene rings is 2. The molecule has 4 rings (SSSR count). The van der Waals surface area contributed by atoms with E-state index >= 15 is 0 Å². The largest absolute Gasteiger partial charge is 0.550 e. The van der Waals surface area contributed by atoms with Crippen LogP contribution in [0.3, 0.4) is 0 Å². The molecule has 256 valence electrons. The van der Waals surface area contributed by atoms with Gasteiger partial charge >= 0.3 is 24.2 Å². The zero-order chi connectivity index (χ0) is 33.4. The van der Waals surface area contributed by atoms with Crippen LogP contribution in [0.2, 0.25) is 0 Å². The molecule has 0 amide bonds. The van der Waals surface area contributed by atoms with Gasteiger partial charge in [0.2, 0.25) is 0 Å². The maximum absolute atomic E-state index is 12.2. The van der Waals surface area contributed by atoms with Crippen molar-refractivity contribution in [1.29, 1.82) is 0 Å². The summed E-state index contributed by atoms with van der Waals surface area (Å²) in [6.45, 7) is 4.25. The standard InChI is InChI=1S/C37H48O10/c1-3-5-7-26-9-17-30(18-10-26)34(38)44-46-36(40)42-32-21-13-28(14-22-32)25-29-15-23-33(24-16-29)43-37(41)47-45-35(39)31-19-11-27(12-20-31)8-6-4-2/h9-12,17-20,28-29,32-33H,3-8,13-16,21-25H2,1-2H3. The summed E-state index contributed by atoms with van der Waals surface area (Å²) in [5.41, 5.74) is 2.89. The van der Waals surface area contributed by atoms with Crippen LogP contribution in [0.25, 0.3) is 0 Å². The summed E-state index contributed by atoms with van der Waals surface area (Å²) in [5, 5.41) is 0. The van der Waals surface area contributed by atoms with E-state index in [1.54, 1.807) is 24.3 Å². The zero-order valence-electron chi connectivity index (χ0n) is 27.6. The van der Waals surface area contributed by atoms with Gasteiger partial charge in [0.15, 0.2) is 0 Å². The highest BCUT2D eigenvalue weighted by Crippen LogP contribution is 2.37. The van der Waals surface area contributed by atoms with Crippen molar-refractivity contribution < 1.29 is 48.2 Å². The van der Waals surface area contributed by atoms with Gasteiger partial charge in [-0.2, -0.15) is 9.59 Å². The normalized spacial score (nSPS) is 20.8. The first-order valence-electron chi connectivity index (χ1n) is 17.2. The second-order valence-electron chi connectivity index (χ2n) is 12.8. The summed E-state index contributed by atoms with van der Waals surface area (Å²) < 4.78 is 10.8. The summed E-state index contributed by atoms with van der Waals surface area (Å²) in [6, 6.07) is 14.1. The van der Waals surface area contributed by atoms with Gasteiger partial charge in [0.05, 0.1) is 11.1 Å². The third-order valence-electron chi connectivity index (χ3n) is 9.17. The van der Waals surface area contributed by atoms with Gasteiger partial charge in [-0.05, 0) is 131 Å². The van der Waals surface area contributed by atoms with E-state index in [1.807, 2.05) is 24.3 Å². The van der Waals surface area contributed by atoms with Gasteiger partial charge in [0.25, 0.3) is 0 Å². The Kier molecular flexibility index (Phi) is 14.4. The number of aryl methyl sites for hydroxylation is 2. The molecule has 2 aliphatic carbocycles. The van der Waals surface area contributed by atoms with Crippen LogP contribution in [-0.4, -0.2) is 36.5 Å². The van der Waals surface area contributed by atoms with Crippen molar-refractivity contribution in [3.8, 4) is 0 Å². The van der Waals surface area contributed by atoms with Crippen LogP contribution < -0.4 is 0 Å². The number of ether oxygens (including phenoxy) is 2. The van der Waals surface area contributed by atoms with Gasteiger partial charge in [-0.25, -0.2) is 29.1 Å². The van der Waals surface area contributed by atoms with E-state index in [1.165, 1.54) is 0 Å². The molecule has 47 heavy (non-hydrogen) atoms. The molecular formula is C37H48O10. The Labute approximate surface area is 277 Å². The molecule has 0 heterocycles. The van der Waals surface area contributed by atoms with E-state index in [0.717, 1.165) is 107 Å². The maximum atomic E-state index is 12.2. The van der Waals surface area contributed by atoms with E-state index in [-0.39, 0.29) is 12.2 Å². The highest BCUT2D eigenvalue weighted by atomic mass is 17.2. The fraction of sp³-hybridized carbons (Fsp3) is 0.568. The molecule has 2 aromatic carbocycles. The third kappa shape index (κ3) is 12.2. The topological polar surface area (TPSA) is 124 Å². The van der Waals surface area contributed by atoms with E-state index in [9.17, 15) is 19.2 Å². The number of carbonyl (C=O) groups is 4. The van der Waals surface area contributed by atoms with Crippen LogP contribution in [0.15, 0.2) is 48.5 Å². The van der Waals surface area contributed by atoms with Crippen molar-refractivity contribution in [3.63, 3.8) is 0 Å². The quantitative estimate of drug-likeness (QED) is 0.125. The van der Waals surface area contributed by atoms with Gasteiger partial charge in [-0.3, -0.25) is 0 Å². The van der Waals surface area contributed by atoms with Crippen molar-refractivity contribution in [2.75, 3.05) is 0 Å². The molecule has 0 saturated heterocycles. The lowest BCUT2D eigenvalue weighted by Crippen LogP contribution is -2.28. The molecule has 0 unspecified atom stereocenters. The lowest BCUT2D eigenvalue weighted by molar-refractivity contribution is -0.208. The molecule has 0 aromatic heterocycles. The Morgan fingerprint density at radius 1 is 0.532 bits per heavy atom. The minimum atomic E-state index is -1.01. The average molecular weight is 653 g/mol. The first-order chi connectivity index (χ1) is 22.8. The molecule has 2 fully saturated rings. The number of carbonyl (C=O) groups excluding carboxylic acids is 4. The Balaban J connectivity index is 1.05. The van der Waals surface area contributed by atoms with Gasteiger partial charge in [0, 0.05) is 0 Å². The zero-order valence-corrected chi connectivity index (χ0v) is 27.6. The van der Waals surface area contributed by atoms with Gasteiger partial charge in [0.1, 0.15) is 12.2 Å². The number of unbranched alkanes of at least 4 members (excludes halogenated alkanes) is 2. The molecule has 0 atom stereocenters. The predicted octanol–water partition coefficient (Wildman–Crippen LogP) is 9.03. The Morgan fingerprint density at radius 2 is 0.894 bits per heavy atom. The van der Waals surface area contributed by atoms with Gasteiger partial charge in [-0.1, -0.05) is 51.0 Å². The highest BCUT2D eigenvalue weighted by molar-refractivity contribution is 5.89. The van der Waals surface area contributed by atoms with E-state index < -0.39 is 24.2 Å². The van der Waals surface area contributed by atoms with Crippen LogP contribution in [0.5, 0.6) is 0 Å². The molecule has 0 spiro atoms. The van der Waals surface area contributed by atoms with Crippen LogP contribution in [-0.2, 0) is 41.9 Å².